The second-order valence-electron chi connectivity index (χ2n) is 8.54. The molecule has 1 amide bonds. The molecule has 0 aliphatic heterocycles. The quantitative estimate of drug-likeness (QED) is 0.206. The molecule has 7 heteroatoms. The minimum absolute atomic E-state index is 0.102. The SMILES string of the molecule is CC.CCC(=O)CCOCC(COCCC(=O)CC)NC(=O)c1ccc(-c2ccc(C(=O)CC)cc2)cc1. The molecule has 0 unspecified atom stereocenters. The average Bonchev–Trinajstić information content (AvgIpc) is 2.97. The Kier molecular flexibility index (Phi) is 16.4. The van der Waals surface area contributed by atoms with Crippen molar-refractivity contribution in [2.24, 2.45) is 0 Å². The van der Waals surface area contributed by atoms with Gasteiger partial charge in [-0.05, 0) is 23.3 Å². The summed E-state index contributed by atoms with van der Waals surface area (Å²) in [6.45, 7) is 10.4. The van der Waals surface area contributed by atoms with Gasteiger partial charge in [-0.25, -0.2) is 0 Å². The van der Waals surface area contributed by atoms with E-state index in [2.05, 4.69) is 5.32 Å². The Hall–Kier alpha value is -3.16. The first-order valence-corrected chi connectivity index (χ1v) is 13.6. The lowest BCUT2D eigenvalue weighted by Gasteiger charge is -2.19. The highest BCUT2D eigenvalue weighted by Gasteiger charge is 2.16. The van der Waals surface area contributed by atoms with Crippen LogP contribution in [0, 0.1) is 0 Å². The molecule has 2 aromatic rings. The van der Waals surface area contributed by atoms with Gasteiger partial charge in [0, 0.05) is 43.2 Å². The topological polar surface area (TPSA) is 98.8 Å². The van der Waals surface area contributed by atoms with Gasteiger partial charge in [-0.2, -0.15) is 0 Å². The van der Waals surface area contributed by atoms with E-state index in [4.69, 9.17) is 9.47 Å². The number of rotatable bonds is 17. The van der Waals surface area contributed by atoms with E-state index in [1.807, 2.05) is 71.0 Å². The molecule has 38 heavy (non-hydrogen) atoms. The fourth-order valence-electron chi connectivity index (χ4n) is 3.44. The average molecular weight is 526 g/mol. The third kappa shape index (κ3) is 11.9. The summed E-state index contributed by atoms with van der Waals surface area (Å²) in [6, 6.07) is 14.2. The molecule has 0 aromatic heterocycles. The van der Waals surface area contributed by atoms with Crippen LogP contribution in [-0.2, 0) is 19.1 Å². The van der Waals surface area contributed by atoms with E-state index < -0.39 is 6.04 Å². The summed E-state index contributed by atoms with van der Waals surface area (Å²) in [6.07, 6.45) is 2.06. The Labute approximate surface area is 227 Å². The lowest BCUT2D eigenvalue weighted by molar-refractivity contribution is -0.120. The molecule has 1 N–H and O–H groups in total. The van der Waals surface area contributed by atoms with Crippen molar-refractivity contribution in [3.63, 3.8) is 0 Å². The van der Waals surface area contributed by atoms with Crippen molar-refractivity contribution in [1.82, 2.24) is 5.32 Å². The van der Waals surface area contributed by atoms with E-state index in [0.29, 0.717) is 43.2 Å². The summed E-state index contributed by atoms with van der Waals surface area (Å²) in [5.74, 6) is 0.0788. The van der Waals surface area contributed by atoms with Gasteiger partial charge in [0.15, 0.2) is 5.78 Å². The van der Waals surface area contributed by atoms with Crippen LogP contribution in [0.3, 0.4) is 0 Å². The molecule has 0 radical (unpaired) electrons. The molecule has 0 spiro atoms. The van der Waals surface area contributed by atoms with Crippen LogP contribution in [0.25, 0.3) is 11.1 Å². The van der Waals surface area contributed by atoms with Crippen molar-refractivity contribution < 1.29 is 28.7 Å². The van der Waals surface area contributed by atoms with Crippen LogP contribution in [0.1, 0.15) is 87.4 Å². The summed E-state index contributed by atoms with van der Waals surface area (Å²) in [4.78, 5) is 47.7. The first kappa shape index (κ1) is 32.9. The largest absolute Gasteiger partial charge is 0.379 e. The molecule has 0 aliphatic rings. The fourth-order valence-corrected chi connectivity index (χ4v) is 3.44. The number of ether oxygens (including phenoxy) is 2. The molecule has 0 heterocycles. The summed E-state index contributed by atoms with van der Waals surface area (Å²) in [5.41, 5.74) is 3.07. The summed E-state index contributed by atoms with van der Waals surface area (Å²) >= 11 is 0. The predicted molar refractivity (Wildman–Crippen MR) is 151 cm³/mol. The number of amides is 1. The predicted octanol–water partition coefficient (Wildman–Crippen LogP) is 5.84. The smallest absolute Gasteiger partial charge is 0.251 e. The van der Waals surface area contributed by atoms with Crippen molar-refractivity contribution in [2.75, 3.05) is 26.4 Å². The van der Waals surface area contributed by atoms with Crippen LogP contribution < -0.4 is 5.32 Å². The standard InChI is InChI=1S/C29H37NO6.C2H6/c1-4-26(31)15-17-35-19-25(20-36-18-16-27(32)5-2)30-29(34)24-13-9-22(10-14-24)21-7-11-23(12-8-21)28(33)6-3;1-2/h7-14,25H,4-6,15-20H2,1-3H3,(H,30,34);1-2H3. The van der Waals surface area contributed by atoms with E-state index in [-0.39, 0.29) is 49.7 Å². The van der Waals surface area contributed by atoms with Crippen LogP contribution in [0.5, 0.6) is 0 Å². The maximum atomic E-state index is 12.9. The summed E-state index contributed by atoms with van der Waals surface area (Å²) in [7, 11) is 0. The highest BCUT2D eigenvalue weighted by molar-refractivity contribution is 5.96. The van der Waals surface area contributed by atoms with E-state index in [1.54, 1.807) is 12.1 Å². The molecule has 0 saturated carbocycles. The van der Waals surface area contributed by atoms with Crippen LogP contribution in [0.4, 0.5) is 0 Å². The van der Waals surface area contributed by atoms with Crippen molar-refractivity contribution in [3.05, 3.63) is 59.7 Å². The molecule has 2 rings (SSSR count). The van der Waals surface area contributed by atoms with E-state index in [0.717, 1.165) is 11.1 Å². The maximum Gasteiger partial charge on any atom is 0.251 e. The Bertz CT molecular complexity index is 974. The number of hydrogen-bond donors (Lipinski definition) is 1. The van der Waals surface area contributed by atoms with E-state index in [1.165, 1.54) is 0 Å². The molecule has 0 saturated heterocycles. The van der Waals surface area contributed by atoms with Crippen LogP contribution in [0.2, 0.25) is 0 Å². The van der Waals surface area contributed by atoms with Crippen molar-refractivity contribution in [3.8, 4) is 11.1 Å². The molecule has 208 valence electrons. The fraction of sp³-hybridized carbons (Fsp3) is 0.484. The zero-order valence-electron chi connectivity index (χ0n) is 23.5. The normalized spacial score (nSPS) is 10.5. The second-order valence-corrected chi connectivity index (χ2v) is 8.54. The van der Waals surface area contributed by atoms with Crippen LogP contribution in [0.15, 0.2) is 48.5 Å². The molecule has 7 nitrogen and oxygen atoms in total. The molecule has 0 bridgehead atoms. The zero-order valence-corrected chi connectivity index (χ0v) is 23.5. The van der Waals surface area contributed by atoms with Gasteiger partial charge in [0.05, 0.1) is 32.5 Å². The molecular weight excluding hydrogens is 482 g/mol. The molecule has 0 atom stereocenters. The molecular formula is C31H43NO6. The van der Waals surface area contributed by atoms with Gasteiger partial charge in [-0.3, -0.25) is 19.2 Å². The van der Waals surface area contributed by atoms with Crippen LogP contribution >= 0.6 is 0 Å². The van der Waals surface area contributed by atoms with Gasteiger partial charge in [0.25, 0.3) is 5.91 Å². The van der Waals surface area contributed by atoms with Gasteiger partial charge in [0.1, 0.15) is 11.6 Å². The Morgan fingerprint density at radius 1 is 0.658 bits per heavy atom. The third-order valence-electron chi connectivity index (χ3n) is 5.82. The maximum absolute atomic E-state index is 12.9. The summed E-state index contributed by atoms with van der Waals surface area (Å²) in [5, 5.41) is 2.93. The van der Waals surface area contributed by atoms with Crippen molar-refractivity contribution in [1.29, 1.82) is 0 Å². The third-order valence-corrected chi connectivity index (χ3v) is 5.82. The highest BCUT2D eigenvalue weighted by Crippen LogP contribution is 2.21. The zero-order chi connectivity index (χ0) is 28.3. The minimum atomic E-state index is -0.422. The number of Topliss-reactive ketones (excluding diaryl/α,β-unsaturated/α-hetero) is 3. The molecule has 0 fully saturated rings. The van der Waals surface area contributed by atoms with Gasteiger partial charge < -0.3 is 14.8 Å². The second kappa shape index (κ2) is 19.0. The number of hydrogen-bond acceptors (Lipinski definition) is 6. The number of nitrogens with one attached hydrogen (secondary N) is 1. The molecule has 0 aliphatic carbocycles. The number of ketones is 3. The number of carbonyl (C=O) groups is 4. The van der Waals surface area contributed by atoms with Crippen molar-refractivity contribution >= 4 is 23.3 Å². The number of carbonyl (C=O) groups excluding carboxylic acids is 4. The van der Waals surface area contributed by atoms with E-state index in [9.17, 15) is 19.2 Å². The van der Waals surface area contributed by atoms with Gasteiger partial charge in [0.2, 0.25) is 0 Å². The van der Waals surface area contributed by atoms with E-state index >= 15 is 0 Å². The number of benzene rings is 2. The first-order chi connectivity index (χ1) is 18.4. The van der Waals surface area contributed by atoms with Gasteiger partial charge in [-0.1, -0.05) is 71.0 Å². The van der Waals surface area contributed by atoms with Crippen molar-refractivity contribution in [2.45, 2.75) is 72.8 Å². The Balaban J connectivity index is 0.00000352. The van der Waals surface area contributed by atoms with Crippen LogP contribution in [-0.4, -0.2) is 55.7 Å². The lowest BCUT2D eigenvalue weighted by Crippen LogP contribution is -2.42. The highest BCUT2D eigenvalue weighted by atomic mass is 16.5. The van der Waals surface area contributed by atoms with Gasteiger partial charge >= 0.3 is 0 Å². The molecule has 2 aromatic carbocycles. The summed E-state index contributed by atoms with van der Waals surface area (Å²) < 4.78 is 11.2. The Morgan fingerprint density at radius 2 is 1.08 bits per heavy atom. The minimum Gasteiger partial charge on any atom is -0.379 e. The lowest BCUT2D eigenvalue weighted by atomic mass is 10.0. The monoisotopic (exact) mass is 525 g/mol. The Morgan fingerprint density at radius 3 is 1.47 bits per heavy atom. The van der Waals surface area contributed by atoms with Gasteiger partial charge in [-0.15, -0.1) is 0 Å². The first-order valence-electron chi connectivity index (χ1n) is 13.6.